The first-order valence-corrected chi connectivity index (χ1v) is 7.61. The van der Waals surface area contributed by atoms with E-state index in [0.29, 0.717) is 0 Å². The lowest BCUT2D eigenvalue weighted by Gasteiger charge is -2.30. The monoisotopic (exact) mass is 276 g/mol. The van der Waals surface area contributed by atoms with Crippen molar-refractivity contribution in [2.24, 2.45) is 0 Å². The molecule has 0 fully saturated rings. The molecule has 1 aliphatic heterocycles. The van der Waals surface area contributed by atoms with E-state index in [1.54, 1.807) is 5.56 Å². The Labute approximate surface area is 126 Å². The Hall–Kier alpha value is -2.11. The summed E-state index contributed by atoms with van der Waals surface area (Å²) in [5, 5.41) is 8.99. The number of rotatable bonds is 3. The molecule has 3 rings (SSSR count). The lowest BCUT2D eigenvalue weighted by Crippen LogP contribution is -2.30. The van der Waals surface area contributed by atoms with Crippen LogP contribution >= 0.6 is 0 Å². The number of nitrogens with zero attached hydrogens (tertiary/aromatic N) is 2. The van der Waals surface area contributed by atoms with Gasteiger partial charge in [0.1, 0.15) is 0 Å². The number of aryl methyl sites for hydroxylation is 1. The van der Waals surface area contributed by atoms with E-state index in [4.69, 9.17) is 5.26 Å². The van der Waals surface area contributed by atoms with Gasteiger partial charge >= 0.3 is 0 Å². The Kier molecular flexibility index (Phi) is 4.03. The van der Waals surface area contributed by atoms with E-state index in [0.717, 1.165) is 38.0 Å². The third kappa shape index (κ3) is 2.99. The van der Waals surface area contributed by atoms with E-state index in [-0.39, 0.29) is 0 Å². The summed E-state index contributed by atoms with van der Waals surface area (Å²) >= 11 is 0. The Balaban J connectivity index is 1.76. The first kappa shape index (κ1) is 13.9. The quantitative estimate of drug-likeness (QED) is 0.855. The molecule has 1 aliphatic rings. The van der Waals surface area contributed by atoms with Crippen LogP contribution < -0.4 is 0 Å². The minimum Gasteiger partial charge on any atom is -0.294 e. The summed E-state index contributed by atoms with van der Waals surface area (Å²) in [4.78, 5) is 2.47. The molecule has 2 aromatic carbocycles. The fraction of sp³-hybridized carbons (Fsp3) is 0.316. The van der Waals surface area contributed by atoms with Crippen molar-refractivity contribution in [2.45, 2.75) is 32.9 Å². The highest BCUT2D eigenvalue weighted by atomic mass is 15.1. The number of hydrogen-bond acceptors (Lipinski definition) is 2. The zero-order valence-corrected chi connectivity index (χ0v) is 12.5. The van der Waals surface area contributed by atoms with Gasteiger partial charge in [0, 0.05) is 19.6 Å². The van der Waals surface area contributed by atoms with Gasteiger partial charge in [-0.3, -0.25) is 4.90 Å². The van der Waals surface area contributed by atoms with E-state index in [1.165, 1.54) is 16.7 Å². The fourth-order valence-corrected chi connectivity index (χ4v) is 3.21. The summed E-state index contributed by atoms with van der Waals surface area (Å²) in [5.74, 6) is 0. The zero-order valence-electron chi connectivity index (χ0n) is 12.5. The van der Waals surface area contributed by atoms with E-state index < -0.39 is 0 Å². The van der Waals surface area contributed by atoms with Crippen molar-refractivity contribution in [3.63, 3.8) is 0 Å². The van der Waals surface area contributed by atoms with Crippen molar-refractivity contribution >= 4 is 0 Å². The first-order valence-electron chi connectivity index (χ1n) is 7.61. The van der Waals surface area contributed by atoms with Crippen molar-refractivity contribution in [3.8, 4) is 6.07 Å². The molecule has 0 atom stereocenters. The Morgan fingerprint density at radius 3 is 2.86 bits per heavy atom. The van der Waals surface area contributed by atoms with Gasteiger partial charge in [0.05, 0.1) is 11.6 Å². The van der Waals surface area contributed by atoms with Gasteiger partial charge in [-0.1, -0.05) is 37.3 Å². The predicted molar refractivity (Wildman–Crippen MR) is 84.8 cm³/mol. The Morgan fingerprint density at radius 2 is 2.05 bits per heavy atom. The molecule has 0 bridgehead atoms. The molecule has 21 heavy (non-hydrogen) atoms. The van der Waals surface area contributed by atoms with Crippen LogP contribution in [-0.2, 0) is 25.9 Å². The molecule has 0 N–H and O–H groups in total. The Bertz CT molecular complexity index is 682. The van der Waals surface area contributed by atoms with Crippen LogP contribution in [0.1, 0.15) is 34.7 Å². The predicted octanol–water partition coefficient (Wildman–Crippen LogP) is 3.68. The fourth-order valence-electron chi connectivity index (χ4n) is 3.21. The molecule has 2 heteroatoms. The SMILES string of the molecule is CCc1cccc2c1CCN(Cc1cccc(C#N)c1)C2. The number of benzene rings is 2. The van der Waals surface area contributed by atoms with Crippen LogP contribution in [0.15, 0.2) is 42.5 Å². The average Bonchev–Trinajstić information content (AvgIpc) is 2.54. The maximum Gasteiger partial charge on any atom is 0.0991 e. The van der Waals surface area contributed by atoms with E-state index in [9.17, 15) is 0 Å². The summed E-state index contributed by atoms with van der Waals surface area (Å²) in [7, 11) is 0. The minimum atomic E-state index is 0.748. The van der Waals surface area contributed by atoms with Crippen molar-refractivity contribution in [2.75, 3.05) is 6.54 Å². The van der Waals surface area contributed by atoms with Crippen LogP contribution in [-0.4, -0.2) is 11.4 Å². The molecular formula is C19H20N2. The molecular weight excluding hydrogens is 256 g/mol. The molecule has 0 unspecified atom stereocenters. The van der Waals surface area contributed by atoms with E-state index in [2.05, 4.69) is 42.2 Å². The molecule has 0 spiro atoms. The van der Waals surface area contributed by atoms with Crippen LogP contribution in [0, 0.1) is 11.3 Å². The van der Waals surface area contributed by atoms with Gasteiger partial charge < -0.3 is 0 Å². The largest absolute Gasteiger partial charge is 0.294 e. The van der Waals surface area contributed by atoms with Gasteiger partial charge in [-0.15, -0.1) is 0 Å². The minimum absolute atomic E-state index is 0.748. The third-order valence-corrected chi connectivity index (χ3v) is 4.29. The second-order valence-corrected chi connectivity index (χ2v) is 5.68. The molecule has 0 saturated heterocycles. The lowest BCUT2D eigenvalue weighted by molar-refractivity contribution is 0.245. The number of hydrogen-bond donors (Lipinski definition) is 0. The van der Waals surface area contributed by atoms with E-state index >= 15 is 0 Å². The van der Waals surface area contributed by atoms with Crippen LogP contribution in [0.4, 0.5) is 0 Å². The highest BCUT2D eigenvalue weighted by molar-refractivity contribution is 5.37. The van der Waals surface area contributed by atoms with Gasteiger partial charge in [-0.25, -0.2) is 0 Å². The smallest absolute Gasteiger partial charge is 0.0991 e. The Morgan fingerprint density at radius 1 is 1.19 bits per heavy atom. The van der Waals surface area contributed by atoms with Crippen LogP contribution in [0.25, 0.3) is 0 Å². The second-order valence-electron chi connectivity index (χ2n) is 5.68. The molecule has 0 aliphatic carbocycles. The molecule has 0 radical (unpaired) electrons. The van der Waals surface area contributed by atoms with Crippen molar-refractivity contribution < 1.29 is 0 Å². The summed E-state index contributed by atoms with van der Waals surface area (Å²) in [6, 6.07) is 16.9. The van der Waals surface area contributed by atoms with Crippen LogP contribution in [0.3, 0.4) is 0 Å². The van der Waals surface area contributed by atoms with Crippen LogP contribution in [0.2, 0.25) is 0 Å². The number of fused-ring (bicyclic) bond motifs is 1. The summed E-state index contributed by atoms with van der Waals surface area (Å²) in [5.41, 5.74) is 6.50. The first-order chi connectivity index (χ1) is 10.3. The standard InChI is InChI=1S/C19H20N2/c1-2-17-7-4-8-18-14-21(10-9-19(17)18)13-16-6-3-5-15(11-16)12-20/h3-8,11H,2,9-10,13-14H2,1H3. The van der Waals surface area contributed by atoms with Crippen molar-refractivity contribution in [3.05, 3.63) is 70.3 Å². The van der Waals surface area contributed by atoms with E-state index in [1.807, 2.05) is 18.2 Å². The maximum atomic E-state index is 8.99. The third-order valence-electron chi connectivity index (χ3n) is 4.29. The van der Waals surface area contributed by atoms with Gasteiger partial charge in [0.25, 0.3) is 0 Å². The highest BCUT2D eigenvalue weighted by Crippen LogP contribution is 2.24. The summed E-state index contributed by atoms with van der Waals surface area (Å²) in [6.45, 7) is 5.27. The molecule has 2 nitrogen and oxygen atoms in total. The highest BCUT2D eigenvalue weighted by Gasteiger charge is 2.18. The summed E-state index contributed by atoms with van der Waals surface area (Å²) in [6.07, 6.45) is 2.25. The average molecular weight is 276 g/mol. The second kappa shape index (κ2) is 6.11. The molecule has 106 valence electrons. The topological polar surface area (TPSA) is 27.0 Å². The molecule has 2 aromatic rings. The van der Waals surface area contributed by atoms with Gasteiger partial charge in [-0.05, 0) is 47.2 Å². The summed E-state index contributed by atoms with van der Waals surface area (Å²) < 4.78 is 0. The maximum absolute atomic E-state index is 8.99. The van der Waals surface area contributed by atoms with Crippen molar-refractivity contribution in [1.82, 2.24) is 4.90 Å². The number of nitriles is 1. The molecule has 0 amide bonds. The van der Waals surface area contributed by atoms with Gasteiger partial charge in [0.15, 0.2) is 0 Å². The molecule has 0 aromatic heterocycles. The molecule has 1 heterocycles. The molecule has 0 saturated carbocycles. The normalized spacial score (nSPS) is 14.5. The van der Waals surface area contributed by atoms with Crippen molar-refractivity contribution in [1.29, 1.82) is 5.26 Å². The van der Waals surface area contributed by atoms with Gasteiger partial charge in [-0.2, -0.15) is 5.26 Å². The lowest BCUT2D eigenvalue weighted by atomic mass is 9.93. The van der Waals surface area contributed by atoms with Crippen LogP contribution in [0.5, 0.6) is 0 Å². The zero-order chi connectivity index (χ0) is 14.7. The van der Waals surface area contributed by atoms with Gasteiger partial charge in [0.2, 0.25) is 0 Å².